The van der Waals surface area contributed by atoms with Crippen molar-refractivity contribution in [2.24, 2.45) is 11.7 Å². The first-order valence-electron chi connectivity index (χ1n) is 6.96. The minimum atomic E-state index is -0.558. The third-order valence-corrected chi connectivity index (χ3v) is 3.55. The van der Waals surface area contributed by atoms with Gasteiger partial charge in [-0.15, -0.1) is 0 Å². The Morgan fingerprint density at radius 2 is 2.05 bits per heavy atom. The Labute approximate surface area is 119 Å². The van der Waals surface area contributed by atoms with E-state index in [0.717, 1.165) is 12.1 Å². The number of anilines is 2. The lowest BCUT2D eigenvalue weighted by atomic mass is 10.0. The van der Waals surface area contributed by atoms with Gasteiger partial charge in [-0.3, -0.25) is 9.59 Å². The van der Waals surface area contributed by atoms with Crippen molar-refractivity contribution in [2.45, 2.75) is 32.7 Å². The highest BCUT2D eigenvalue weighted by Crippen LogP contribution is 2.29. The van der Waals surface area contributed by atoms with E-state index >= 15 is 0 Å². The number of benzene rings is 1. The van der Waals surface area contributed by atoms with Crippen LogP contribution in [0.2, 0.25) is 0 Å². The van der Waals surface area contributed by atoms with Crippen LogP contribution in [-0.4, -0.2) is 24.4 Å². The topological polar surface area (TPSA) is 75.4 Å². The molecule has 3 N–H and O–H groups in total. The molecular weight excluding hydrogens is 254 g/mol. The van der Waals surface area contributed by atoms with Crippen LogP contribution in [0.1, 0.15) is 26.7 Å². The molecule has 5 heteroatoms. The van der Waals surface area contributed by atoms with E-state index in [0.29, 0.717) is 18.7 Å². The number of para-hydroxylation sites is 2. The van der Waals surface area contributed by atoms with Gasteiger partial charge >= 0.3 is 0 Å². The highest BCUT2D eigenvalue weighted by molar-refractivity contribution is 6.03. The summed E-state index contributed by atoms with van der Waals surface area (Å²) in [6.07, 6.45) is 1.42. The second-order valence-corrected chi connectivity index (χ2v) is 5.43. The fourth-order valence-electron chi connectivity index (χ4n) is 2.24. The number of hydrogen-bond donors (Lipinski definition) is 2. The maximum absolute atomic E-state index is 12.1. The van der Waals surface area contributed by atoms with Gasteiger partial charge in [0, 0.05) is 13.0 Å². The molecule has 1 heterocycles. The van der Waals surface area contributed by atoms with Crippen molar-refractivity contribution < 1.29 is 9.59 Å². The fourth-order valence-corrected chi connectivity index (χ4v) is 2.24. The molecule has 108 valence electrons. The maximum atomic E-state index is 12.1. The molecule has 1 aliphatic heterocycles. The third-order valence-electron chi connectivity index (χ3n) is 3.55. The summed E-state index contributed by atoms with van der Waals surface area (Å²) in [6, 6.07) is 6.78. The minimum Gasteiger partial charge on any atom is -0.323 e. The zero-order chi connectivity index (χ0) is 14.7. The van der Waals surface area contributed by atoms with E-state index < -0.39 is 6.04 Å². The van der Waals surface area contributed by atoms with Crippen molar-refractivity contribution in [3.05, 3.63) is 24.3 Å². The van der Waals surface area contributed by atoms with Crippen LogP contribution < -0.4 is 16.0 Å². The third kappa shape index (κ3) is 2.99. The molecule has 2 amide bonds. The van der Waals surface area contributed by atoms with Gasteiger partial charge in [0.1, 0.15) is 0 Å². The smallest absolute Gasteiger partial charge is 0.241 e. The summed E-state index contributed by atoms with van der Waals surface area (Å²) in [5.41, 5.74) is 7.24. The van der Waals surface area contributed by atoms with Crippen LogP contribution in [0.3, 0.4) is 0 Å². The van der Waals surface area contributed by atoms with E-state index in [1.165, 1.54) is 0 Å². The van der Waals surface area contributed by atoms with Gasteiger partial charge in [-0.25, -0.2) is 0 Å². The molecule has 1 atom stereocenters. The summed E-state index contributed by atoms with van der Waals surface area (Å²) in [7, 11) is 0. The Hall–Kier alpha value is -1.88. The summed E-state index contributed by atoms with van der Waals surface area (Å²) < 4.78 is 0. The zero-order valence-corrected chi connectivity index (χ0v) is 11.9. The minimum absolute atomic E-state index is 0.0654. The Bertz CT molecular complexity index is 514. The van der Waals surface area contributed by atoms with Gasteiger partial charge in [0.15, 0.2) is 0 Å². The van der Waals surface area contributed by atoms with Gasteiger partial charge in [0.25, 0.3) is 0 Å². The Morgan fingerprint density at radius 3 is 2.65 bits per heavy atom. The van der Waals surface area contributed by atoms with Gasteiger partial charge < -0.3 is 16.0 Å². The fraction of sp³-hybridized carbons (Fsp3) is 0.467. The van der Waals surface area contributed by atoms with Crippen LogP contribution in [0.4, 0.5) is 11.4 Å². The van der Waals surface area contributed by atoms with E-state index in [2.05, 4.69) is 5.32 Å². The quantitative estimate of drug-likeness (QED) is 0.878. The van der Waals surface area contributed by atoms with E-state index in [1.54, 1.807) is 11.0 Å². The molecule has 0 bridgehead atoms. The van der Waals surface area contributed by atoms with Crippen LogP contribution in [0.5, 0.6) is 0 Å². The van der Waals surface area contributed by atoms with Crippen LogP contribution in [0, 0.1) is 5.92 Å². The number of rotatable bonds is 4. The molecule has 0 unspecified atom stereocenters. The number of nitrogens with two attached hydrogens (primary N) is 1. The predicted octanol–water partition coefficient (Wildman–Crippen LogP) is 1.74. The van der Waals surface area contributed by atoms with Gasteiger partial charge in [-0.1, -0.05) is 26.0 Å². The molecule has 1 fully saturated rings. The zero-order valence-electron chi connectivity index (χ0n) is 11.9. The maximum Gasteiger partial charge on any atom is 0.241 e. The van der Waals surface area contributed by atoms with Gasteiger partial charge in [-0.2, -0.15) is 0 Å². The molecule has 5 nitrogen and oxygen atoms in total. The molecule has 0 aromatic heterocycles. The first kappa shape index (κ1) is 14.5. The van der Waals surface area contributed by atoms with Crippen molar-refractivity contribution in [3.8, 4) is 0 Å². The molecular formula is C15H21N3O2. The van der Waals surface area contributed by atoms with E-state index in [4.69, 9.17) is 5.73 Å². The highest BCUT2D eigenvalue weighted by Gasteiger charge is 2.25. The SMILES string of the molecule is CC(C)[C@H](N)C(=O)Nc1ccccc1N1CCCC1=O. The number of nitrogens with zero attached hydrogens (tertiary/aromatic N) is 1. The van der Waals surface area contributed by atoms with Crippen molar-refractivity contribution in [1.82, 2.24) is 0 Å². The van der Waals surface area contributed by atoms with Crippen LogP contribution in [-0.2, 0) is 9.59 Å². The lowest BCUT2D eigenvalue weighted by molar-refractivity contribution is -0.118. The normalized spacial score (nSPS) is 16.6. The second-order valence-electron chi connectivity index (χ2n) is 5.43. The number of carbonyl (C=O) groups is 2. The first-order chi connectivity index (χ1) is 9.50. The van der Waals surface area contributed by atoms with Crippen LogP contribution >= 0.6 is 0 Å². The lowest BCUT2D eigenvalue weighted by Gasteiger charge is -2.21. The van der Waals surface area contributed by atoms with Gasteiger partial charge in [-0.05, 0) is 24.5 Å². The summed E-state index contributed by atoms with van der Waals surface area (Å²) in [5, 5.41) is 2.83. The Kier molecular flexibility index (Phi) is 4.39. The van der Waals surface area contributed by atoms with E-state index in [-0.39, 0.29) is 17.7 Å². The number of amides is 2. The Morgan fingerprint density at radius 1 is 1.35 bits per heavy atom. The average Bonchev–Trinajstić information content (AvgIpc) is 2.84. The van der Waals surface area contributed by atoms with Crippen molar-refractivity contribution >= 4 is 23.2 Å². The standard InChI is InChI=1S/C15H21N3O2/c1-10(2)14(16)15(20)17-11-6-3-4-7-12(11)18-9-5-8-13(18)19/h3-4,6-7,10,14H,5,8-9,16H2,1-2H3,(H,17,20)/t14-/m0/s1. The van der Waals surface area contributed by atoms with Crippen molar-refractivity contribution in [2.75, 3.05) is 16.8 Å². The van der Waals surface area contributed by atoms with Crippen molar-refractivity contribution in [1.29, 1.82) is 0 Å². The van der Waals surface area contributed by atoms with E-state index in [1.807, 2.05) is 32.0 Å². The Balaban J connectivity index is 2.20. The molecule has 0 radical (unpaired) electrons. The number of hydrogen-bond acceptors (Lipinski definition) is 3. The summed E-state index contributed by atoms with van der Waals surface area (Å²) in [5.74, 6) is -0.0606. The molecule has 0 saturated carbocycles. The van der Waals surface area contributed by atoms with E-state index in [9.17, 15) is 9.59 Å². The molecule has 1 aromatic carbocycles. The van der Waals surface area contributed by atoms with Crippen LogP contribution in [0.25, 0.3) is 0 Å². The highest BCUT2D eigenvalue weighted by atomic mass is 16.2. The first-order valence-corrected chi connectivity index (χ1v) is 6.96. The second kappa shape index (κ2) is 6.05. The summed E-state index contributed by atoms with van der Waals surface area (Å²) in [4.78, 5) is 25.6. The summed E-state index contributed by atoms with van der Waals surface area (Å²) in [6.45, 7) is 4.50. The predicted molar refractivity (Wildman–Crippen MR) is 79.5 cm³/mol. The van der Waals surface area contributed by atoms with Crippen molar-refractivity contribution in [3.63, 3.8) is 0 Å². The van der Waals surface area contributed by atoms with Crippen LogP contribution in [0.15, 0.2) is 24.3 Å². The largest absolute Gasteiger partial charge is 0.323 e. The van der Waals surface area contributed by atoms with Gasteiger partial charge in [0.2, 0.25) is 11.8 Å². The molecule has 20 heavy (non-hydrogen) atoms. The molecule has 1 saturated heterocycles. The monoisotopic (exact) mass is 275 g/mol. The number of nitrogens with one attached hydrogen (secondary N) is 1. The summed E-state index contributed by atoms with van der Waals surface area (Å²) >= 11 is 0. The molecule has 0 aliphatic carbocycles. The molecule has 2 rings (SSSR count). The van der Waals surface area contributed by atoms with Gasteiger partial charge in [0.05, 0.1) is 17.4 Å². The molecule has 1 aromatic rings. The molecule has 0 spiro atoms. The lowest BCUT2D eigenvalue weighted by Crippen LogP contribution is -2.40. The number of carbonyl (C=O) groups excluding carboxylic acids is 2. The molecule has 1 aliphatic rings. The average molecular weight is 275 g/mol.